The maximum absolute atomic E-state index is 12.2. The summed E-state index contributed by atoms with van der Waals surface area (Å²) < 4.78 is 0. The van der Waals surface area contributed by atoms with Crippen LogP contribution in [0, 0.1) is 12.8 Å². The lowest BCUT2D eigenvalue weighted by Gasteiger charge is -2.17. The Labute approximate surface area is 148 Å². The normalized spacial score (nSPS) is 17.2. The zero-order valence-electron chi connectivity index (χ0n) is 14.3. The van der Waals surface area contributed by atoms with E-state index in [0.29, 0.717) is 19.5 Å². The van der Waals surface area contributed by atoms with E-state index in [4.69, 9.17) is 0 Å². The van der Waals surface area contributed by atoms with Crippen LogP contribution in [0.3, 0.4) is 0 Å². The molecular weight excluding hydrogens is 312 g/mol. The van der Waals surface area contributed by atoms with Crippen LogP contribution in [0.25, 0.3) is 6.08 Å². The molecule has 3 rings (SSSR count). The Morgan fingerprint density at radius 2 is 1.88 bits per heavy atom. The number of aryl methyl sites for hydroxylation is 1. The molecule has 0 aromatic heterocycles. The fourth-order valence-electron chi connectivity index (χ4n) is 2.93. The average molecular weight is 334 g/mol. The molecule has 2 amide bonds. The van der Waals surface area contributed by atoms with Gasteiger partial charge in [0.15, 0.2) is 0 Å². The molecule has 128 valence electrons. The van der Waals surface area contributed by atoms with E-state index >= 15 is 0 Å². The summed E-state index contributed by atoms with van der Waals surface area (Å²) in [5.74, 6) is 0.121. The molecule has 1 saturated heterocycles. The minimum Gasteiger partial charge on any atom is -0.352 e. The molecule has 2 aromatic carbocycles. The maximum atomic E-state index is 12.2. The van der Waals surface area contributed by atoms with E-state index in [-0.39, 0.29) is 17.7 Å². The fourth-order valence-corrected chi connectivity index (χ4v) is 2.93. The van der Waals surface area contributed by atoms with Gasteiger partial charge in [-0.3, -0.25) is 9.59 Å². The van der Waals surface area contributed by atoms with Crippen molar-refractivity contribution < 1.29 is 9.59 Å². The van der Waals surface area contributed by atoms with Gasteiger partial charge in [0.2, 0.25) is 11.8 Å². The van der Waals surface area contributed by atoms with Crippen LogP contribution in [0.1, 0.15) is 17.5 Å². The second-order valence-corrected chi connectivity index (χ2v) is 6.40. The third-order valence-electron chi connectivity index (χ3n) is 4.34. The first-order chi connectivity index (χ1) is 12.1. The number of hydrogen-bond donors (Lipinski definition) is 1. The van der Waals surface area contributed by atoms with Gasteiger partial charge in [-0.1, -0.05) is 48.0 Å². The summed E-state index contributed by atoms with van der Waals surface area (Å²) in [7, 11) is 0. The Bertz CT molecular complexity index is 766. The van der Waals surface area contributed by atoms with Crippen molar-refractivity contribution in [1.29, 1.82) is 0 Å². The predicted octanol–water partition coefficient (Wildman–Crippen LogP) is 3.18. The minimum atomic E-state index is -0.134. The number of hydrogen-bond acceptors (Lipinski definition) is 2. The van der Waals surface area contributed by atoms with Crippen LogP contribution >= 0.6 is 0 Å². The van der Waals surface area contributed by atoms with Gasteiger partial charge >= 0.3 is 0 Å². The van der Waals surface area contributed by atoms with Crippen molar-refractivity contribution in [2.45, 2.75) is 13.3 Å². The quantitative estimate of drug-likeness (QED) is 0.854. The summed E-state index contributed by atoms with van der Waals surface area (Å²) in [6.07, 6.45) is 3.79. The number of carbonyl (C=O) groups is 2. The number of amides is 2. The molecule has 0 saturated carbocycles. The molecule has 1 unspecified atom stereocenters. The molecule has 0 radical (unpaired) electrons. The first-order valence-corrected chi connectivity index (χ1v) is 8.50. The molecule has 0 spiro atoms. The summed E-state index contributed by atoms with van der Waals surface area (Å²) >= 11 is 0. The summed E-state index contributed by atoms with van der Waals surface area (Å²) in [5.41, 5.74) is 3.08. The van der Waals surface area contributed by atoms with E-state index in [2.05, 4.69) is 5.32 Å². The average Bonchev–Trinajstić information content (AvgIpc) is 3.00. The van der Waals surface area contributed by atoms with Crippen molar-refractivity contribution in [2.75, 3.05) is 18.0 Å². The summed E-state index contributed by atoms with van der Waals surface area (Å²) in [6.45, 7) is 3.17. The second-order valence-electron chi connectivity index (χ2n) is 6.40. The van der Waals surface area contributed by atoms with E-state index < -0.39 is 0 Å². The number of benzene rings is 2. The second kappa shape index (κ2) is 7.79. The molecule has 1 atom stereocenters. The smallest absolute Gasteiger partial charge is 0.244 e. The van der Waals surface area contributed by atoms with Crippen LogP contribution < -0.4 is 10.2 Å². The van der Waals surface area contributed by atoms with E-state index in [1.165, 1.54) is 11.6 Å². The van der Waals surface area contributed by atoms with Crippen molar-refractivity contribution in [3.63, 3.8) is 0 Å². The highest BCUT2D eigenvalue weighted by Gasteiger charge is 2.30. The number of anilines is 1. The lowest BCUT2D eigenvalue weighted by atomic mass is 10.1. The zero-order chi connectivity index (χ0) is 17.6. The van der Waals surface area contributed by atoms with Gasteiger partial charge in [0, 0.05) is 37.2 Å². The van der Waals surface area contributed by atoms with Gasteiger partial charge in [0.25, 0.3) is 0 Å². The van der Waals surface area contributed by atoms with Gasteiger partial charge in [-0.2, -0.15) is 0 Å². The first kappa shape index (κ1) is 17.0. The highest BCUT2D eigenvalue weighted by atomic mass is 16.2. The highest BCUT2D eigenvalue weighted by molar-refractivity contribution is 5.96. The van der Waals surface area contributed by atoms with Crippen LogP contribution in [0.2, 0.25) is 0 Å². The van der Waals surface area contributed by atoms with Crippen molar-refractivity contribution in [3.8, 4) is 0 Å². The van der Waals surface area contributed by atoms with Gasteiger partial charge in [-0.15, -0.1) is 0 Å². The van der Waals surface area contributed by atoms with E-state index in [9.17, 15) is 9.59 Å². The number of carbonyl (C=O) groups excluding carboxylic acids is 2. The third-order valence-corrected chi connectivity index (χ3v) is 4.34. The van der Waals surface area contributed by atoms with Crippen LogP contribution in [0.4, 0.5) is 5.69 Å². The monoisotopic (exact) mass is 334 g/mol. The number of rotatable bonds is 5. The van der Waals surface area contributed by atoms with Crippen molar-refractivity contribution >= 4 is 23.6 Å². The number of nitrogens with zero attached hydrogens (tertiary/aromatic N) is 1. The minimum absolute atomic E-state index is 0.114. The predicted molar refractivity (Wildman–Crippen MR) is 100 cm³/mol. The topological polar surface area (TPSA) is 49.4 Å². The zero-order valence-corrected chi connectivity index (χ0v) is 14.3. The molecular formula is C21H22N2O2. The van der Waals surface area contributed by atoms with Crippen LogP contribution in [0.5, 0.6) is 0 Å². The largest absolute Gasteiger partial charge is 0.352 e. The van der Waals surface area contributed by atoms with Gasteiger partial charge in [0.1, 0.15) is 0 Å². The SMILES string of the molecule is Cc1ccc(N2CC(CNC(=O)/C=C\c3ccccc3)CC2=O)cc1. The summed E-state index contributed by atoms with van der Waals surface area (Å²) in [4.78, 5) is 26.0. The van der Waals surface area contributed by atoms with Crippen molar-refractivity contribution in [2.24, 2.45) is 5.92 Å². The number of nitrogens with one attached hydrogen (secondary N) is 1. The first-order valence-electron chi connectivity index (χ1n) is 8.50. The lowest BCUT2D eigenvalue weighted by Crippen LogP contribution is -2.30. The third kappa shape index (κ3) is 4.57. The molecule has 1 N–H and O–H groups in total. The Balaban J connectivity index is 1.51. The molecule has 2 aromatic rings. The highest BCUT2D eigenvalue weighted by Crippen LogP contribution is 2.24. The van der Waals surface area contributed by atoms with Crippen LogP contribution in [-0.2, 0) is 9.59 Å². The van der Waals surface area contributed by atoms with Crippen molar-refractivity contribution in [3.05, 3.63) is 71.8 Å². The fraction of sp³-hybridized carbons (Fsp3) is 0.238. The molecule has 0 aliphatic carbocycles. The molecule has 1 fully saturated rings. The molecule has 1 aliphatic rings. The molecule has 1 aliphatic heterocycles. The Hall–Kier alpha value is -2.88. The molecule has 25 heavy (non-hydrogen) atoms. The molecule has 0 bridgehead atoms. The molecule has 1 heterocycles. The standard InChI is InChI=1S/C21H22N2O2/c1-16-7-10-19(11-8-16)23-15-18(13-21(23)25)14-22-20(24)12-9-17-5-3-2-4-6-17/h2-12,18H,13-15H2,1H3,(H,22,24)/b12-9-. The Morgan fingerprint density at radius 3 is 2.60 bits per heavy atom. The Kier molecular flexibility index (Phi) is 5.29. The maximum Gasteiger partial charge on any atom is 0.244 e. The van der Waals surface area contributed by atoms with Crippen molar-refractivity contribution in [1.82, 2.24) is 5.32 Å². The Morgan fingerprint density at radius 1 is 1.16 bits per heavy atom. The molecule has 4 nitrogen and oxygen atoms in total. The van der Waals surface area contributed by atoms with E-state index in [1.54, 1.807) is 11.0 Å². The summed E-state index contributed by atoms with van der Waals surface area (Å²) in [6, 6.07) is 17.6. The van der Waals surface area contributed by atoms with Gasteiger partial charge in [-0.25, -0.2) is 0 Å². The van der Waals surface area contributed by atoms with E-state index in [0.717, 1.165) is 11.3 Å². The summed E-state index contributed by atoms with van der Waals surface area (Å²) in [5, 5.41) is 2.89. The molecule has 4 heteroatoms. The lowest BCUT2D eigenvalue weighted by molar-refractivity contribution is -0.118. The van der Waals surface area contributed by atoms with Crippen LogP contribution in [-0.4, -0.2) is 24.9 Å². The van der Waals surface area contributed by atoms with E-state index in [1.807, 2.05) is 61.5 Å². The van der Waals surface area contributed by atoms with Gasteiger partial charge in [0.05, 0.1) is 0 Å². The van der Waals surface area contributed by atoms with Gasteiger partial charge < -0.3 is 10.2 Å². The van der Waals surface area contributed by atoms with Gasteiger partial charge in [-0.05, 0) is 30.7 Å². The van der Waals surface area contributed by atoms with Crippen LogP contribution in [0.15, 0.2) is 60.7 Å².